The lowest BCUT2D eigenvalue weighted by molar-refractivity contribution is -0.114. The van der Waals surface area contributed by atoms with E-state index in [0.29, 0.717) is 34.2 Å². The second-order valence-electron chi connectivity index (χ2n) is 6.42. The van der Waals surface area contributed by atoms with Crippen molar-refractivity contribution in [2.45, 2.75) is 19.8 Å². The summed E-state index contributed by atoms with van der Waals surface area (Å²) in [6.07, 6.45) is 2.66. The van der Waals surface area contributed by atoms with Gasteiger partial charge in [-0.2, -0.15) is 5.10 Å². The molecule has 0 saturated carbocycles. The summed E-state index contributed by atoms with van der Waals surface area (Å²) in [5.41, 5.74) is 3.31. The molecule has 8 nitrogen and oxygen atoms in total. The molecule has 31 heavy (non-hydrogen) atoms. The number of nitrogens with zero attached hydrogens (tertiary/aromatic N) is 2. The van der Waals surface area contributed by atoms with E-state index in [1.54, 1.807) is 0 Å². The largest absolute Gasteiger partial charge is 0.345 e. The summed E-state index contributed by atoms with van der Waals surface area (Å²) < 4.78 is 0. The number of nitrogens with two attached hydrogens (primary N) is 1. The van der Waals surface area contributed by atoms with Crippen molar-refractivity contribution in [3.05, 3.63) is 70.7 Å². The average Bonchev–Trinajstić information content (AvgIpc) is 3.14. The first-order chi connectivity index (χ1) is 14.5. The Morgan fingerprint density at radius 2 is 1.74 bits per heavy atom. The summed E-state index contributed by atoms with van der Waals surface area (Å²) in [7, 11) is 0. The predicted octanol–water partition coefficient (Wildman–Crippen LogP) is 3.87. The van der Waals surface area contributed by atoms with Crippen LogP contribution in [0.4, 0.5) is 16.5 Å². The third-order valence-electron chi connectivity index (χ3n) is 4.13. The third kappa shape index (κ3) is 7.09. The fourth-order valence-electron chi connectivity index (χ4n) is 2.75. The molecular weight excluding hydrogens is 436 g/mol. The number of para-hydroxylation sites is 1. The Hall–Kier alpha value is -3.43. The van der Waals surface area contributed by atoms with Gasteiger partial charge in [0.1, 0.15) is 11.2 Å². The molecule has 0 aliphatic rings. The normalized spacial score (nSPS) is 10.4. The van der Waals surface area contributed by atoms with Crippen LogP contribution in [0.25, 0.3) is 0 Å². The van der Waals surface area contributed by atoms with E-state index in [2.05, 4.69) is 26.0 Å². The molecule has 0 bridgehead atoms. The van der Waals surface area contributed by atoms with Crippen LogP contribution >= 0.6 is 23.7 Å². The van der Waals surface area contributed by atoms with Crippen molar-refractivity contribution >= 4 is 58.4 Å². The van der Waals surface area contributed by atoms with Gasteiger partial charge in [-0.15, -0.1) is 12.4 Å². The first-order valence-electron chi connectivity index (χ1n) is 9.26. The smallest absolute Gasteiger partial charge is 0.267 e. The predicted molar refractivity (Wildman–Crippen MR) is 128 cm³/mol. The Morgan fingerprint density at radius 3 is 2.39 bits per heavy atom. The highest BCUT2D eigenvalue weighted by Gasteiger charge is 2.19. The molecule has 2 aromatic carbocycles. The lowest BCUT2D eigenvalue weighted by atomic mass is 10.1. The zero-order chi connectivity index (χ0) is 21.3. The molecule has 0 aliphatic heterocycles. The minimum atomic E-state index is -0.245. The number of halogens is 1. The Kier molecular flexibility index (Phi) is 8.98. The van der Waals surface area contributed by atoms with Gasteiger partial charge in [-0.05, 0) is 42.7 Å². The molecule has 10 heteroatoms. The minimum absolute atomic E-state index is 0. The van der Waals surface area contributed by atoms with Gasteiger partial charge in [-0.1, -0.05) is 41.7 Å². The molecule has 1 heterocycles. The van der Waals surface area contributed by atoms with Crippen LogP contribution in [0.15, 0.2) is 59.7 Å². The maximum atomic E-state index is 12.8. The molecule has 0 saturated heterocycles. The molecule has 1 aromatic heterocycles. The van der Waals surface area contributed by atoms with E-state index in [4.69, 9.17) is 5.84 Å². The van der Waals surface area contributed by atoms with Crippen molar-refractivity contribution in [3.63, 3.8) is 0 Å². The number of benzene rings is 2. The Labute approximate surface area is 190 Å². The van der Waals surface area contributed by atoms with Crippen LogP contribution < -0.4 is 21.8 Å². The SMILES string of the molecule is CC(=O)Nc1nc(CCc2ccc(NC=NN)cc2)c(C(=O)Nc2ccccc2)s1.Cl. The van der Waals surface area contributed by atoms with Gasteiger partial charge in [0.15, 0.2) is 5.13 Å². The molecule has 3 rings (SSSR count). The number of amides is 2. The van der Waals surface area contributed by atoms with Crippen molar-refractivity contribution in [1.82, 2.24) is 4.98 Å². The first-order valence-corrected chi connectivity index (χ1v) is 10.1. The van der Waals surface area contributed by atoms with Crippen molar-refractivity contribution in [2.24, 2.45) is 10.9 Å². The molecule has 0 radical (unpaired) electrons. The van der Waals surface area contributed by atoms with E-state index in [1.807, 2.05) is 54.6 Å². The number of hydrogen-bond acceptors (Lipinski definition) is 6. The molecule has 162 valence electrons. The number of rotatable bonds is 8. The van der Waals surface area contributed by atoms with Gasteiger partial charge in [0.25, 0.3) is 5.91 Å². The standard InChI is InChI=1S/C21H22N6O2S.ClH/c1-14(28)25-21-27-18(12-9-15-7-10-16(11-8-15)23-13-24-22)19(30-21)20(29)26-17-5-3-2-4-6-17;/h2-8,10-11,13H,9,12,22H2,1H3,(H,23,24)(H,26,29)(H,25,27,28);1H. The van der Waals surface area contributed by atoms with Crippen LogP contribution in [0.3, 0.4) is 0 Å². The zero-order valence-electron chi connectivity index (χ0n) is 16.8. The Balaban J connectivity index is 0.00000341. The average molecular weight is 459 g/mol. The van der Waals surface area contributed by atoms with Gasteiger partial charge < -0.3 is 21.8 Å². The molecule has 5 N–H and O–H groups in total. The fourth-order valence-corrected chi connectivity index (χ4v) is 3.71. The first kappa shape index (κ1) is 23.8. The van der Waals surface area contributed by atoms with Crippen molar-refractivity contribution < 1.29 is 9.59 Å². The number of hydrogen-bond donors (Lipinski definition) is 4. The maximum absolute atomic E-state index is 12.8. The van der Waals surface area contributed by atoms with E-state index in [9.17, 15) is 9.59 Å². The summed E-state index contributed by atoms with van der Waals surface area (Å²) >= 11 is 1.17. The Morgan fingerprint density at radius 1 is 1.03 bits per heavy atom. The van der Waals surface area contributed by atoms with E-state index in [0.717, 1.165) is 11.3 Å². The zero-order valence-corrected chi connectivity index (χ0v) is 18.4. The van der Waals surface area contributed by atoms with Crippen molar-refractivity contribution in [3.8, 4) is 0 Å². The fraction of sp³-hybridized carbons (Fsp3) is 0.143. The molecule has 0 spiro atoms. The number of hydrazone groups is 1. The highest BCUT2D eigenvalue weighted by Crippen LogP contribution is 2.26. The second-order valence-corrected chi connectivity index (χ2v) is 7.41. The highest BCUT2D eigenvalue weighted by molar-refractivity contribution is 7.17. The lowest BCUT2D eigenvalue weighted by Crippen LogP contribution is -2.12. The van der Waals surface area contributed by atoms with Crippen LogP contribution in [0, 0.1) is 0 Å². The molecule has 2 amide bonds. The topological polar surface area (TPSA) is 122 Å². The number of anilines is 3. The maximum Gasteiger partial charge on any atom is 0.267 e. The van der Waals surface area contributed by atoms with Crippen molar-refractivity contribution in [1.29, 1.82) is 0 Å². The van der Waals surface area contributed by atoms with Crippen LogP contribution in [-0.4, -0.2) is 23.1 Å². The molecule has 0 unspecified atom stereocenters. The van der Waals surface area contributed by atoms with Crippen LogP contribution in [0.2, 0.25) is 0 Å². The van der Waals surface area contributed by atoms with E-state index >= 15 is 0 Å². The summed E-state index contributed by atoms with van der Waals surface area (Å²) in [4.78, 5) is 29.2. The lowest BCUT2D eigenvalue weighted by Gasteiger charge is -2.06. The Bertz CT molecular complexity index is 1040. The van der Waals surface area contributed by atoms with Gasteiger partial charge >= 0.3 is 0 Å². The monoisotopic (exact) mass is 458 g/mol. The van der Waals surface area contributed by atoms with E-state index in [-0.39, 0.29) is 24.2 Å². The molecule has 3 aromatic rings. The third-order valence-corrected chi connectivity index (χ3v) is 5.14. The van der Waals surface area contributed by atoms with Gasteiger partial charge in [-0.3, -0.25) is 9.59 Å². The van der Waals surface area contributed by atoms with Gasteiger partial charge in [0.2, 0.25) is 5.91 Å². The van der Waals surface area contributed by atoms with E-state index < -0.39 is 0 Å². The number of aromatic nitrogens is 1. The number of carbonyl (C=O) groups excluding carboxylic acids is 2. The summed E-state index contributed by atoms with van der Waals surface area (Å²) in [6.45, 7) is 1.41. The molecular formula is C21H23ClN6O2S. The van der Waals surface area contributed by atoms with E-state index in [1.165, 1.54) is 24.6 Å². The van der Waals surface area contributed by atoms with Gasteiger partial charge in [0, 0.05) is 18.3 Å². The van der Waals surface area contributed by atoms with Crippen LogP contribution in [0.5, 0.6) is 0 Å². The van der Waals surface area contributed by atoms with Gasteiger partial charge in [-0.25, -0.2) is 4.98 Å². The van der Waals surface area contributed by atoms with Crippen molar-refractivity contribution in [2.75, 3.05) is 16.0 Å². The van der Waals surface area contributed by atoms with Crippen LogP contribution in [0.1, 0.15) is 27.9 Å². The minimum Gasteiger partial charge on any atom is -0.345 e. The number of nitrogens with one attached hydrogen (secondary N) is 3. The molecule has 0 fully saturated rings. The summed E-state index contributed by atoms with van der Waals surface area (Å²) in [5, 5.41) is 12.3. The number of thiazole rings is 1. The van der Waals surface area contributed by atoms with Crippen LogP contribution in [-0.2, 0) is 17.6 Å². The highest BCUT2D eigenvalue weighted by atomic mass is 35.5. The second kappa shape index (κ2) is 11.7. The van der Waals surface area contributed by atoms with Gasteiger partial charge in [0.05, 0.1) is 5.69 Å². The summed E-state index contributed by atoms with van der Waals surface area (Å²) in [6, 6.07) is 17.0. The molecule has 0 aliphatic carbocycles. The summed E-state index contributed by atoms with van der Waals surface area (Å²) in [5.74, 6) is 4.61. The number of aryl methyl sites for hydroxylation is 2. The quantitative estimate of drug-likeness (QED) is 0.177. The molecule has 0 atom stereocenters. The number of carbonyl (C=O) groups is 2.